The molecule has 1 N–H and O–H groups in total. The quantitative estimate of drug-likeness (QED) is 0.670. The molecule has 1 nitrogen and oxygen atoms in total. The predicted octanol–water partition coefficient (Wildman–Crippen LogP) is 3.37. The van der Waals surface area contributed by atoms with E-state index in [1.165, 1.54) is 32.1 Å². The Morgan fingerprint density at radius 1 is 0.929 bits per heavy atom. The number of nitrogens with one attached hydrogen (secondary N) is 1. The van der Waals surface area contributed by atoms with Crippen molar-refractivity contribution in [3.63, 3.8) is 0 Å². The van der Waals surface area contributed by atoms with Gasteiger partial charge in [-0.15, -0.1) is 0 Å². The van der Waals surface area contributed by atoms with E-state index in [2.05, 4.69) is 12.2 Å². The molecule has 0 bridgehead atoms. The zero-order valence-electron chi connectivity index (χ0n) is 8.78. The maximum Gasteiger partial charge on any atom is 0.0255 e. The summed E-state index contributed by atoms with van der Waals surface area (Å²) in [5.41, 5.74) is 0. The van der Waals surface area contributed by atoms with Gasteiger partial charge < -0.3 is 5.32 Å². The number of hydrogen-bond acceptors (Lipinski definition) is 1. The highest BCUT2D eigenvalue weighted by atomic mass is 14.9. The first-order valence-electron chi connectivity index (χ1n) is 5.47. The SMILES string of the molecule is [CH2]\C=C/C=C\C=C\NC1CCCCC1. The minimum atomic E-state index is 0.705. The molecule has 1 rings (SSSR count). The molecule has 0 amide bonds. The van der Waals surface area contributed by atoms with Crippen LogP contribution in [-0.4, -0.2) is 6.04 Å². The molecule has 0 aromatic carbocycles. The van der Waals surface area contributed by atoms with Crippen molar-refractivity contribution in [2.75, 3.05) is 0 Å². The maximum atomic E-state index is 3.61. The Morgan fingerprint density at radius 3 is 2.36 bits per heavy atom. The molecule has 1 aliphatic carbocycles. The molecule has 0 heterocycles. The van der Waals surface area contributed by atoms with E-state index in [1.54, 1.807) is 6.08 Å². The summed E-state index contributed by atoms with van der Waals surface area (Å²) < 4.78 is 0. The van der Waals surface area contributed by atoms with Crippen LogP contribution in [0, 0.1) is 6.92 Å². The number of hydrogen-bond donors (Lipinski definition) is 1. The fourth-order valence-corrected chi connectivity index (χ4v) is 1.72. The van der Waals surface area contributed by atoms with Crippen molar-refractivity contribution in [2.45, 2.75) is 38.1 Å². The Kier molecular flexibility index (Phi) is 5.89. The van der Waals surface area contributed by atoms with Gasteiger partial charge in [-0.2, -0.15) is 0 Å². The van der Waals surface area contributed by atoms with Crippen LogP contribution in [0.1, 0.15) is 32.1 Å². The molecule has 77 valence electrons. The topological polar surface area (TPSA) is 12.0 Å². The van der Waals surface area contributed by atoms with Gasteiger partial charge in [-0.05, 0) is 32.0 Å². The Morgan fingerprint density at radius 2 is 1.64 bits per heavy atom. The minimum absolute atomic E-state index is 0.705. The fourth-order valence-electron chi connectivity index (χ4n) is 1.72. The third kappa shape index (κ3) is 4.90. The number of allylic oxidation sites excluding steroid dienone is 5. The largest absolute Gasteiger partial charge is 0.388 e. The van der Waals surface area contributed by atoms with E-state index in [9.17, 15) is 0 Å². The van der Waals surface area contributed by atoms with E-state index in [0.717, 1.165) is 0 Å². The summed E-state index contributed by atoms with van der Waals surface area (Å²) in [4.78, 5) is 0. The van der Waals surface area contributed by atoms with Gasteiger partial charge in [0.25, 0.3) is 0 Å². The van der Waals surface area contributed by atoms with E-state index in [1.807, 2.05) is 30.5 Å². The zero-order valence-corrected chi connectivity index (χ0v) is 8.78. The molecule has 0 aromatic rings. The van der Waals surface area contributed by atoms with Gasteiger partial charge in [0.2, 0.25) is 0 Å². The lowest BCUT2D eigenvalue weighted by molar-refractivity contribution is 0.404. The first-order chi connectivity index (χ1) is 6.93. The Labute approximate surface area is 87.6 Å². The van der Waals surface area contributed by atoms with Crippen LogP contribution in [0.4, 0.5) is 0 Å². The van der Waals surface area contributed by atoms with Crippen LogP contribution in [0.2, 0.25) is 0 Å². The van der Waals surface area contributed by atoms with Crippen molar-refractivity contribution >= 4 is 0 Å². The van der Waals surface area contributed by atoms with E-state index >= 15 is 0 Å². The van der Waals surface area contributed by atoms with E-state index < -0.39 is 0 Å². The van der Waals surface area contributed by atoms with Crippen molar-refractivity contribution < 1.29 is 0 Å². The molecule has 0 aliphatic heterocycles. The summed E-state index contributed by atoms with van der Waals surface area (Å²) >= 11 is 0. The highest BCUT2D eigenvalue weighted by Gasteiger charge is 2.10. The highest BCUT2D eigenvalue weighted by Crippen LogP contribution is 2.17. The van der Waals surface area contributed by atoms with Crippen LogP contribution in [0.25, 0.3) is 0 Å². The third-order valence-electron chi connectivity index (χ3n) is 2.50. The average molecular weight is 190 g/mol. The molecule has 14 heavy (non-hydrogen) atoms. The van der Waals surface area contributed by atoms with Gasteiger partial charge in [0.05, 0.1) is 0 Å². The van der Waals surface area contributed by atoms with E-state index in [0.29, 0.717) is 6.04 Å². The molecule has 0 atom stereocenters. The van der Waals surface area contributed by atoms with Gasteiger partial charge in [-0.3, -0.25) is 0 Å². The lowest BCUT2D eigenvalue weighted by Gasteiger charge is -2.21. The van der Waals surface area contributed by atoms with Crippen LogP contribution in [0.15, 0.2) is 36.6 Å². The van der Waals surface area contributed by atoms with Crippen LogP contribution in [0.5, 0.6) is 0 Å². The van der Waals surface area contributed by atoms with Gasteiger partial charge in [0, 0.05) is 6.04 Å². The zero-order chi connectivity index (χ0) is 10.1. The molecule has 1 aliphatic rings. The molecule has 1 heteroatoms. The fraction of sp³-hybridized carbons (Fsp3) is 0.462. The monoisotopic (exact) mass is 190 g/mol. The maximum absolute atomic E-state index is 3.61. The second-order valence-corrected chi connectivity index (χ2v) is 3.67. The molecule has 0 unspecified atom stereocenters. The lowest BCUT2D eigenvalue weighted by atomic mass is 9.96. The van der Waals surface area contributed by atoms with Crippen molar-refractivity contribution in [3.8, 4) is 0 Å². The van der Waals surface area contributed by atoms with Crippen LogP contribution < -0.4 is 5.32 Å². The van der Waals surface area contributed by atoms with Crippen molar-refractivity contribution in [3.05, 3.63) is 43.5 Å². The molecular formula is C13H20N. The third-order valence-corrected chi connectivity index (χ3v) is 2.50. The Balaban J connectivity index is 2.12. The number of rotatable bonds is 4. The summed E-state index contributed by atoms with van der Waals surface area (Å²) in [6.45, 7) is 3.61. The second kappa shape index (κ2) is 7.43. The summed E-state index contributed by atoms with van der Waals surface area (Å²) in [5, 5.41) is 3.43. The standard InChI is InChI=1S/C13H20N/c1-2-3-4-5-9-12-14-13-10-7-6-8-11-13/h2-5,9,12-14H,1,6-8,10-11H2/b3-2-,5-4-,12-9+. The summed E-state index contributed by atoms with van der Waals surface area (Å²) in [5.74, 6) is 0. The summed E-state index contributed by atoms with van der Waals surface area (Å²) in [6.07, 6.45) is 18.6. The first kappa shape index (κ1) is 11.1. The normalized spacial score (nSPS) is 20.1. The molecular weight excluding hydrogens is 170 g/mol. The van der Waals surface area contributed by atoms with Crippen molar-refractivity contribution in [1.29, 1.82) is 0 Å². The molecule has 1 radical (unpaired) electrons. The summed E-state index contributed by atoms with van der Waals surface area (Å²) in [6, 6.07) is 0.705. The highest BCUT2D eigenvalue weighted by molar-refractivity contribution is 5.11. The van der Waals surface area contributed by atoms with E-state index in [4.69, 9.17) is 0 Å². The van der Waals surface area contributed by atoms with Crippen molar-refractivity contribution in [2.24, 2.45) is 0 Å². The minimum Gasteiger partial charge on any atom is -0.388 e. The molecule has 0 saturated heterocycles. The average Bonchev–Trinajstić information content (AvgIpc) is 2.25. The van der Waals surface area contributed by atoms with Gasteiger partial charge >= 0.3 is 0 Å². The van der Waals surface area contributed by atoms with Crippen LogP contribution >= 0.6 is 0 Å². The smallest absolute Gasteiger partial charge is 0.0255 e. The molecule has 0 aromatic heterocycles. The Hall–Kier alpha value is -0.980. The second-order valence-electron chi connectivity index (χ2n) is 3.67. The molecule has 1 saturated carbocycles. The van der Waals surface area contributed by atoms with Crippen molar-refractivity contribution in [1.82, 2.24) is 5.32 Å². The molecule has 0 spiro atoms. The summed E-state index contributed by atoms with van der Waals surface area (Å²) in [7, 11) is 0. The first-order valence-corrected chi connectivity index (χ1v) is 5.47. The van der Waals surface area contributed by atoms with Crippen LogP contribution in [0.3, 0.4) is 0 Å². The molecule has 1 fully saturated rings. The Bertz CT molecular complexity index is 207. The van der Waals surface area contributed by atoms with Gasteiger partial charge in [-0.1, -0.05) is 43.6 Å². The predicted molar refractivity (Wildman–Crippen MR) is 62.8 cm³/mol. The van der Waals surface area contributed by atoms with Crippen LogP contribution in [-0.2, 0) is 0 Å². The lowest BCUT2D eigenvalue weighted by Crippen LogP contribution is -2.26. The van der Waals surface area contributed by atoms with E-state index in [-0.39, 0.29) is 0 Å². The van der Waals surface area contributed by atoms with Gasteiger partial charge in [0.15, 0.2) is 0 Å². The van der Waals surface area contributed by atoms with Gasteiger partial charge in [-0.25, -0.2) is 0 Å². The van der Waals surface area contributed by atoms with Gasteiger partial charge in [0.1, 0.15) is 0 Å².